The van der Waals surface area contributed by atoms with Crippen molar-refractivity contribution in [3.63, 3.8) is 0 Å². The molecule has 4 nitrogen and oxygen atoms in total. The van der Waals surface area contributed by atoms with Gasteiger partial charge in [0.2, 0.25) is 0 Å². The van der Waals surface area contributed by atoms with E-state index in [0.717, 1.165) is 38.6 Å². The number of hydrogen-bond donors (Lipinski definition) is 0. The van der Waals surface area contributed by atoms with E-state index in [0.29, 0.717) is 16.8 Å². The first-order valence-electron chi connectivity index (χ1n) is 16.3. The molecule has 0 spiro atoms. The molecule has 0 saturated carbocycles. The first kappa shape index (κ1) is 30.4. The number of fused-ring (bicyclic) bond motifs is 3. The summed E-state index contributed by atoms with van der Waals surface area (Å²) in [5, 5.41) is 27.5. The Hall–Kier alpha value is -6.97. The fourth-order valence-electron chi connectivity index (χ4n) is 7.55. The van der Waals surface area contributed by atoms with Gasteiger partial charge in [0.25, 0.3) is 0 Å². The van der Waals surface area contributed by atoms with Gasteiger partial charge in [-0.15, -0.1) is 0 Å². The molecule has 7 aromatic carbocycles. The maximum atomic E-state index is 11.1. The van der Waals surface area contributed by atoms with Gasteiger partial charge in [0.15, 0.2) is 13.8 Å². The number of benzene rings is 7. The molecule has 0 aliphatic carbocycles. The maximum Gasteiger partial charge on any atom is 0.188 e. The van der Waals surface area contributed by atoms with Crippen LogP contribution in [0.2, 0.25) is 0 Å². The molecule has 0 radical (unpaired) electrons. The highest BCUT2D eigenvalue weighted by molar-refractivity contribution is 7.20. The first-order chi connectivity index (χ1) is 24.7. The zero-order chi connectivity index (χ0) is 34.1. The third kappa shape index (κ3) is 4.72. The molecule has 0 amide bonds. The molecule has 0 aliphatic heterocycles. The summed E-state index contributed by atoms with van der Waals surface area (Å²) in [6, 6.07) is 63.1. The van der Waals surface area contributed by atoms with Gasteiger partial charge in [-0.1, -0.05) is 133 Å². The molecule has 0 atom stereocenters. The Morgan fingerprint density at radius 3 is 1.64 bits per heavy atom. The van der Waals surface area contributed by atoms with E-state index in [-0.39, 0.29) is 0 Å². The molecular formula is C45H28N4Si. The highest BCUT2D eigenvalue weighted by Gasteiger charge is 2.43. The Morgan fingerprint density at radius 1 is 0.520 bits per heavy atom. The second-order valence-corrected chi connectivity index (χ2v) is 16.0. The van der Waals surface area contributed by atoms with Crippen LogP contribution in [0.1, 0.15) is 11.1 Å². The highest BCUT2D eigenvalue weighted by Crippen LogP contribution is 2.38. The van der Waals surface area contributed by atoms with E-state index in [4.69, 9.17) is 6.57 Å². The van der Waals surface area contributed by atoms with Gasteiger partial charge in [-0.3, -0.25) is 0 Å². The Kier molecular flexibility index (Phi) is 7.63. The van der Waals surface area contributed by atoms with Gasteiger partial charge in [-0.05, 0) is 68.1 Å². The van der Waals surface area contributed by atoms with E-state index >= 15 is 0 Å². The van der Waals surface area contributed by atoms with Crippen LogP contribution < -0.4 is 20.7 Å². The number of nitrogens with zero attached hydrogens (tertiary/aromatic N) is 4. The lowest BCUT2D eigenvalue weighted by Crippen LogP contribution is -2.75. The van der Waals surface area contributed by atoms with Crippen molar-refractivity contribution < 1.29 is 0 Å². The summed E-state index contributed by atoms with van der Waals surface area (Å²) in [5.74, 6) is 0. The fraction of sp³-hybridized carbons (Fsp3) is 0. The second kappa shape index (κ2) is 12.6. The van der Waals surface area contributed by atoms with Crippen molar-refractivity contribution in [3.05, 3.63) is 192 Å². The predicted octanol–water partition coefficient (Wildman–Crippen LogP) is 8.12. The van der Waals surface area contributed by atoms with Gasteiger partial charge in [-0.2, -0.15) is 10.5 Å². The van der Waals surface area contributed by atoms with E-state index in [1.54, 1.807) is 12.1 Å². The molecule has 0 saturated heterocycles. The lowest BCUT2D eigenvalue weighted by atomic mass is 9.98. The number of hydrogen-bond acceptors (Lipinski definition) is 2. The van der Waals surface area contributed by atoms with Crippen LogP contribution in [0.15, 0.2) is 170 Å². The van der Waals surface area contributed by atoms with Crippen molar-refractivity contribution in [2.75, 3.05) is 0 Å². The van der Waals surface area contributed by atoms with Crippen LogP contribution in [-0.2, 0) is 0 Å². The largest absolute Gasteiger partial charge is 0.308 e. The normalized spacial score (nSPS) is 11.1. The molecule has 0 aliphatic rings. The van der Waals surface area contributed by atoms with Crippen molar-refractivity contribution in [2.45, 2.75) is 0 Å². The smallest absolute Gasteiger partial charge is 0.188 e. The SMILES string of the molecule is [C-]#[N+]c1ccc2c(c1)c1cc(C#N)ccc1n2-c1cccc(-c2ccccc2[Si](c2ccccc2)(c2ccccc2)c2ccccc2)c1C#N. The average molecular weight is 653 g/mol. The molecule has 232 valence electrons. The minimum absolute atomic E-state index is 0.520. The summed E-state index contributed by atoms with van der Waals surface area (Å²) in [7, 11) is -2.93. The van der Waals surface area contributed by atoms with Crippen molar-refractivity contribution in [2.24, 2.45) is 0 Å². The van der Waals surface area contributed by atoms with Gasteiger partial charge < -0.3 is 4.57 Å². The lowest BCUT2D eigenvalue weighted by Gasteiger charge is -2.36. The fourth-order valence-corrected chi connectivity index (χ4v) is 12.5. The van der Waals surface area contributed by atoms with Crippen LogP contribution in [0.4, 0.5) is 5.69 Å². The van der Waals surface area contributed by atoms with Crippen molar-refractivity contribution in [3.8, 4) is 29.0 Å². The summed E-state index contributed by atoms with van der Waals surface area (Å²) in [4.78, 5) is 3.67. The Balaban J connectivity index is 1.47. The van der Waals surface area contributed by atoms with E-state index in [9.17, 15) is 10.5 Å². The molecule has 5 heteroatoms. The second-order valence-electron chi connectivity index (χ2n) is 12.2. The summed E-state index contributed by atoms with van der Waals surface area (Å²) < 4.78 is 2.10. The van der Waals surface area contributed by atoms with Crippen molar-refractivity contribution in [1.29, 1.82) is 10.5 Å². The molecule has 1 heterocycles. The van der Waals surface area contributed by atoms with Crippen molar-refractivity contribution in [1.82, 2.24) is 4.57 Å². The quantitative estimate of drug-likeness (QED) is 0.104. The molecule has 1 aromatic heterocycles. The van der Waals surface area contributed by atoms with E-state index in [1.807, 2.05) is 36.4 Å². The number of aromatic nitrogens is 1. The minimum Gasteiger partial charge on any atom is -0.308 e. The topological polar surface area (TPSA) is 56.9 Å². The molecular weight excluding hydrogens is 625 g/mol. The lowest BCUT2D eigenvalue weighted by molar-refractivity contribution is 1.17. The highest BCUT2D eigenvalue weighted by atomic mass is 28.3. The van der Waals surface area contributed by atoms with Crippen LogP contribution in [0, 0.1) is 29.2 Å². The van der Waals surface area contributed by atoms with Crippen molar-refractivity contribution >= 4 is 56.3 Å². The van der Waals surface area contributed by atoms with Crippen LogP contribution in [0.5, 0.6) is 0 Å². The van der Waals surface area contributed by atoms with Gasteiger partial charge >= 0.3 is 0 Å². The van der Waals surface area contributed by atoms with Gasteiger partial charge in [0.1, 0.15) is 6.07 Å². The Bertz CT molecular complexity index is 2510. The Labute approximate surface area is 291 Å². The standard InChI is InChI=1S/C45H28N4Si/c1-48-33-25-27-44-40(29-33)39-28-32(30-46)24-26-43(39)49(44)42-22-13-21-37(41(42)31-47)38-20-11-12-23-45(38)50(34-14-5-2-6-15-34,35-16-7-3-8-17-35)36-18-9-4-10-19-36/h2-29H. The summed E-state index contributed by atoms with van der Waals surface area (Å²) in [6.07, 6.45) is 0. The van der Waals surface area contributed by atoms with Crippen LogP contribution >= 0.6 is 0 Å². The third-order valence-corrected chi connectivity index (χ3v) is 14.5. The van der Waals surface area contributed by atoms with E-state index < -0.39 is 8.07 Å². The van der Waals surface area contributed by atoms with Gasteiger partial charge in [0.05, 0.1) is 40.5 Å². The van der Waals surface area contributed by atoms with Crippen LogP contribution in [-0.4, -0.2) is 12.6 Å². The molecule has 50 heavy (non-hydrogen) atoms. The number of rotatable bonds is 6. The first-order valence-corrected chi connectivity index (χ1v) is 18.3. The van der Waals surface area contributed by atoms with Crippen LogP contribution in [0.25, 0.3) is 43.5 Å². The third-order valence-electron chi connectivity index (χ3n) is 9.64. The molecule has 0 bridgehead atoms. The summed E-state index contributed by atoms with van der Waals surface area (Å²) >= 11 is 0. The van der Waals surface area contributed by atoms with Gasteiger partial charge in [-0.25, -0.2) is 4.85 Å². The zero-order valence-electron chi connectivity index (χ0n) is 27.0. The summed E-state index contributed by atoms with van der Waals surface area (Å²) in [5.41, 5.74) is 5.94. The Morgan fingerprint density at radius 2 is 1.06 bits per heavy atom. The predicted molar refractivity (Wildman–Crippen MR) is 206 cm³/mol. The minimum atomic E-state index is -2.93. The summed E-state index contributed by atoms with van der Waals surface area (Å²) in [6.45, 7) is 7.65. The molecule has 0 unspecified atom stereocenters. The molecule has 0 fully saturated rings. The van der Waals surface area contributed by atoms with E-state index in [1.165, 1.54) is 20.7 Å². The van der Waals surface area contributed by atoms with Gasteiger partial charge in [0, 0.05) is 10.9 Å². The van der Waals surface area contributed by atoms with Crippen LogP contribution in [0.3, 0.4) is 0 Å². The zero-order valence-corrected chi connectivity index (χ0v) is 28.0. The number of nitriles is 2. The molecule has 0 N–H and O–H groups in total. The molecule has 8 aromatic rings. The molecule has 8 rings (SSSR count). The van der Waals surface area contributed by atoms with E-state index in [2.05, 4.69) is 143 Å². The maximum absolute atomic E-state index is 11.1. The monoisotopic (exact) mass is 652 g/mol. The average Bonchev–Trinajstić information content (AvgIpc) is 3.52.